The Labute approximate surface area is 144 Å². The number of rotatable bonds is 6. The Hall–Kier alpha value is -2.24. The maximum absolute atomic E-state index is 12.0. The molecule has 24 heavy (non-hydrogen) atoms. The van der Waals surface area contributed by atoms with Crippen LogP contribution < -0.4 is 15.4 Å². The van der Waals surface area contributed by atoms with Gasteiger partial charge in [-0.05, 0) is 18.6 Å². The van der Waals surface area contributed by atoms with Gasteiger partial charge in [-0.3, -0.25) is 9.79 Å². The van der Waals surface area contributed by atoms with Gasteiger partial charge in [0.1, 0.15) is 12.4 Å². The van der Waals surface area contributed by atoms with E-state index in [1.807, 2.05) is 49.1 Å². The lowest BCUT2D eigenvalue weighted by Crippen LogP contribution is -2.46. The Morgan fingerprint density at radius 2 is 2.12 bits per heavy atom. The maximum atomic E-state index is 12.0. The van der Waals surface area contributed by atoms with Crippen molar-refractivity contribution in [3.8, 4) is 5.75 Å². The van der Waals surface area contributed by atoms with E-state index in [1.165, 1.54) is 0 Å². The molecule has 6 nitrogen and oxygen atoms in total. The van der Waals surface area contributed by atoms with Gasteiger partial charge in [-0.1, -0.05) is 32.0 Å². The fraction of sp³-hybridized carbons (Fsp3) is 0.556. The van der Waals surface area contributed by atoms with E-state index in [1.54, 1.807) is 7.05 Å². The minimum Gasteiger partial charge on any atom is -0.492 e. The van der Waals surface area contributed by atoms with Crippen LogP contribution in [0, 0.1) is 5.92 Å². The first kappa shape index (κ1) is 18.1. The zero-order valence-electron chi connectivity index (χ0n) is 14.8. The summed E-state index contributed by atoms with van der Waals surface area (Å²) in [5.74, 6) is 1.88. The van der Waals surface area contributed by atoms with Gasteiger partial charge in [-0.2, -0.15) is 0 Å². The second-order valence-electron chi connectivity index (χ2n) is 6.23. The highest BCUT2D eigenvalue weighted by atomic mass is 16.5. The predicted octanol–water partition coefficient (Wildman–Crippen LogP) is 1.49. The topological polar surface area (TPSA) is 66.0 Å². The molecule has 1 saturated heterocycles. The van der Waals surface area contributed by atoms with E-state index in [4.69, 9.17) is 4.74 Å². The van der Waals surface area contributed by atoms with Gasteiger partial charge in [0.15, 0.2) is 5.96 Å². The van der Waals surface area contributed by atoms with Gasteiger partial charge >= 0.3 is 0 Å². The van der Waals surface area contributed by atoms with E-state index in [2.05, 4.69) is 15.6 Å². The lowest BCUT2D eigenvalue weighted by molar-refractivity contribution is -0.133. The number of hydrogen-bond acceptors (Lipinski definition) is 3. The highest BCUT2D eigenvalue weighted by Gasteiger charge is 2.27. The quantitative estimate of drug-likeness (QED) is 0.471. The largest absolute Gasteiger partial charge is 0.492 e. The molecule has 0 saturated carbocycles. The Kier molecular flexibility index (Phi) is 6.90. The zero-order valence-corrected chi connectivity index (χ0v) is 14.8. The first-order chi connectivity index (χ1) is 11.6. The van der Waals surface area contributed by atoms with Crippen LogP contribution in [0.4, 0.5) is 0 Å². The molecular formula is C18H28N4O2. The number of guanidine groups is 1. The number of carbonyl (C=O) groups is 1. The summed E-state index contributed by atoms with van der Waals surface area (Å²) in [7, 11) is 1.75. The number of benzene rings is 1. The molecule has 1 heterocycles. The van der Waals surface area contributed by atoms with Gasteiger partial charge in [-0.15, -0.1) is 0 Å². The Morgan fingerprint density at radius 3 is 2.79 bits per heavy atom. The summed E-state index contributed by atoms with van der Waals surface area (Å²) in [5, 5.41) is 6.62. The fourth-order valence-corrected chi connectivity index (χ4v) is 2.69. The van der Waals surface area contributed by atoms with Gasteiger partial charge in [0.2, 0.25) is 5.91 Å². The first-order valence-electron chi connectivity index (χ1n) is 8.54. The van der Waals surface area contributed by atoms with E-state index in [0.717, 1.165) is 31.2 Å². The van der Waals surface area contributed by atoms with Gasteiger partial charge in [-0.25, -0.2) is 0 Å². The molecule has 0 aromatic heterocycles. The molecule has 1 aromatic rings. The SMILES string of the molecule is CN=C(NCCOc1ccccc1)NC1CCN(C(=O)C(C)C)C1. The number of ether oxygens (including phenoxy) is 1. The second kappa shape index (κ2) is 9.15. The van der Waals surface area contributed by atoms with Crippen molar-refractivity contribution in [1.29, 1.82) is 0 Å². The normalized spacial score (nSPS) is 17.9. The molecule has 1 aliphatic rings. The summed E-state index contributed by atoms with van der Waals surface area (Å²) < 4.78 is 5.65. The van der Waals surface area contributed by atoms with Crippen molar-refractivity contribution >= 4 is 11.9 Å². The van der Waals surface area contributed by atoms with E-state index >= 15 is 0 Å². The summed E-state index contributed by atoms with van der Waals surface area (Å²) in [6.07, 6.45) is 0.944. The summed E-state index contributed by atoms with van der Waals surface area (Å²) in [5.41, 5.74) is 0. The Morgan fingerprint density at radius 1 is 1.38 bits per heavy atom. The first-order valence-corrected chi connectivity index (χ1v) is 8.54. The molecule has 1 atom stereocenters. The second-order valence-corrected chi connectivity index (χ2v) is 6.23. The molecule has 1 aliphatic heterocycles. The van der Waals surface area contributed by atoms with Gasteiger partial charge < -0.3 is 20.3 Å². The van der Waals surface area contributed by atoms with Crippen LogP contribution in [0.1, 0.15) is 20.3 Å². The summed E-state index contributed by atoms with van der Waals surface area (Å²) >= 11 is 0. The Balaban J connectivity index is 1.68. The highest BCUT2D eigenvalue weighted by Crippen LogP contribution is 2.12. The molecule has 1 aromatic carbocycles. The molecule has 0 radical (unpaired) electrons. The summed E-state index contributed by atoms with van der Waals surface area (Å²) in [4.78, 5) is 18.2. The van der Waals surface area contributed by atoms with Crippen molar-refractivity contribution in [1.82, 2.24) is 15.5 Å². The van der Waals surface area contributed by atoms with Gasteiger partial charge in [0, 0.05) is 32.1 Å². The van der Waals surface area contributed by atoms with Crippen LogP contribution in [0.2, 0.25) is 0 Å². The van der Waals surface area contributed by atoms with Crippen LogP contribution in [-0.2, 0) is 4.79 Å². The molecule has 1 amide bonds. The van der Waals surface area contributed by atoms with Crippen molar-refractivity contribution < 1.29 is 9.53 Å². The van der Waals surface area contributed by atoms with E-state index in [9.17, 15) is 4.79 Å². The maximum Gasteiger partial charge on any atom is 0.225 e. The molecule has 6 heteroatoms. The van der Waals surface area contributed by atoms with Crippen molar-refractivity contribution in [2.45, 2.75) is 26.3 Å². The number of amides is 1. The zero-order chi connectivity index (χ0) is 17.4. The molecular weight excluding hydrogens is 304 g/mol. The van der Waals surface area contributed by atoms with E-state index in [-0.39, 0.29) is 17.9 Å². The van der Waals surface area contributed by atoms with Crippen LogP contribution in [0.3, 0.4) is 0 Å². The van der Waals surface area contributed by atoms with Crippen molar-refractivity contribution in [2.75, 3.05) is 33.3 Å². The molecule has 132 valence electrons. The lowest BCUT2D eigenvalue weighted by atomic mass is 10.2. The van der Waals surface area contributed by atoms with Crippen LogP contribution >= 0.6 is 0 Å². The average Bonchev–Trinajstić information content (AvgIpc) is 3.06. The monoisotopic (exact) mass is 332 g/mol. The fourth-order valence-electron chi connectivity index (χ4n) is 2.69. The minimum absolute atomic E-state index is 0.0522. The van der Waals surface area contributed by atoms with Crippen molar-refractivity contribution in [2.24, 2.45) is 10.9 Å². The number of hydrogen-bond donors (Lipinski definition) is 2. The van der Waals surface area contributed by atoms with Crippen molar-refractivity contribution in [3.63, 3.8) is 0 Å². The van der Waals surface area contributed by atoms with Crippen molar-refractivity contribution in [3.05, 3.63) is 30.3 Å². The summed E-state index contributed by atoms with van der Waals surface area (Å²) in [6.45, 7) is 6.65. The van der Waals surface area contributed by atoms with Crippen LogP contribution in [0.25, 0.3) is 0 Å². The molecule has 2 N–H and O–H groups in total. The van der Waals surface area contributed by atoms with Crippen LogP contribution in [0.5, 0.6) is 5.75 Å². The van der Waals surface area contributed by atoms with E-state index < -0.39 is 0 Å². The van der Waals surface area contributed by atoms with Gasteiger partial charge in [0.05, 0.1) is 6.54 Å². The molecule has 2 rings (SSSR count). The third kappa shape index (κ3) is 5.44. The molecule has 0 aliphatic carbocycles. The molecule has 1 unspecified atom stereocenters. The van der Waals surface area contributed by atoms with Gasteiger partial charge in [0.25, 0.3) is 0 Å². The van der Waals surface area contributed by atoms with Crippen LogP contribution in [-0.4, -0.2) is 56.1 Å². The number of carbonyl (C=O) groups excluding carboxylic acids is 1. The number of nitrogens with one attached hydrogen (secondary N) is 2. The molecule has 1 fully saturated rings. The lowest BCUT2D eigenvalue weighted by Gasteiger charge is -2.20. The minimum atomic E-state index is 0.0522. The molecule has 0 spiro atoms. The standard InChI is InChI=1S/C18H28N4O2/c1-14(2)17(23)22-11-9-15(13-22)21-18(19-3)20-10-12-24-16-7-5-4-6-8-16/h4-8,14-15H,9-13H2,1-3H3,(H2,19,20,21). The predicted molar refractivity (Wildman–Crippen MR) is 96.3 cm³/mol. The van der Waals surface area contributed by atoms with E-state index in [0.29, 0.717) is 13.2 Å². The summed E-state index contributed by atoms with van der Waals surface area (Å²) in [6, 6.07) is 9.99. The Bertz CT molecular complexity index is 545. The highest BCUT2D eigenvalue weighted by molar-refractivity contribution is 5.81. The number of aliphatic imine (C=N–C) groups is 1. The number of para-hydroxylation sites is 1. The smallest absolute Gasteiger partial charge is 0.225 e. The third-order valence-electron chi connectivity index (χ3n) is 3.96. The van der Waals surface area contributed by atoms with Crippen LogP contribution in [0.15, 0.2) is 35.3 Å². The number of nitrogens with zero attached hydrogens (tertiary/aromatic N) is 2. The average molecular weight is 332 g/mol. The molecule has 0 bridgehead atoms. The third-order valence-corrected chi connectivity index (χ3v) is 3.96. The number of likely N-dealkylation sites (tertiary alicyclic amines) is 1.